The minimum absolute atomic E-state index is 0.638. The van der Waals surface area contributed by atoms with E-state index in [0.29, 0.717) is 6.54 Å². The minimum atomic E-state index is 0.638. The van der Waals surface area contributed by atoms with Crippen LogP contribution in [0.15, 0.2) is 41.3 Å². The Balaban J connectivity index is 2.04. The van der Waals surface area contributed by atoms with Gasteiger partial charge in [0.1, 0.15) is 5.75 Å². The van der Waals surface area contributed by atoms with Crippen molar-refractivity contribution in [1.82, 2.24) is 9.97 Å². The van der Waals surface area contributed by atoms with Crippen molar-refractivity contribution in [2.45, 2.75) is 6.54 Å². The van der Waals surface area contributed by atoms with Gasteiger partial charge in [0.15, 0.2) is 0 Å². The van der Waals surface area contributed by atoms with Crippen LogP contribution >= 0.6 is 15.9 Å². The van der Waals surface area contributed by atoms with Gasteiger partial charge in [-0.05, 0) is 28.1 Å². The Morgan fingerprint density at radius 2 is 2.24 bits per heavy atom. The Hall–Kier alpha value is -1.62. The maximum absolute atomic E-state index is 5.22. The Morgan fingerprint density at radius 3 is 2.94 bits per heavy atom. The number of nitrogens with zero attached hydrogens (tertiary/aromatic N) is 2. The number of hydrogen-bond donors (Lipinski definition) is 1. The lowest BCUT2D eigenvalue weighted by Gasteiger charge is -2.08. The predicted molar refractivity (Wildman–Crippen MR) is 70.1 cm³/mol. The van der Waals surface area contributed by atoms with Crippen molar-refractivity contribution in [3.63, 3.8) is 0 Å². The van der Waals surface area contributed by atoms with Gasteiger partial charge in [0.2, 0.25) is 0 Å². The fourth-order valence-electron chi connectivity index (χ4n) is 1.38. The first-order valence-corrected chi connectivity index (χ1v) is 5.91. The largest absolute Gasteiger partial charge is 0.495 e. The van der Waals surface area contributed by atoms with Gasteiger partial charge < -0.3 is 10.1 Å². The van der Waals surface area contributed by atoms with Crippen molar-refractivity contribution >= 4 is 21.6 Å². The van der Waals surface area contributed by atoms with Gasteiger partial charge >= 0.3 is 0 Å². The van der Waals surface area contributed by atoms with E-state index in [2.05, 4.69) is 31.2 Å². The number of hydrogen-bond acceptors (Lipinski definition) is 4. The number of nitrogens with one attached hydrogen (secondary N) is 1. The number of methoxy groups -OCH3 is 1. The molecule has 0 unspecified atom stereocenters. The van der Waals surface area contributed by atoms with E-state index < -0.39 is 0 Å². The number of ether oxygens (including phenoxy) is 1. The minimum Gasteiger partial charge on any atom is -0.495 e. The van der Waals surface area contributed by atoms with Crippen LogP contribution < -0.4 is 10.1 Å². The molecule has 0 amide bonds. The summed E-state index contributed by atoms with van der Waals surface area (Å²) in [4.78, 5) is 8.20. The van der Waals surface area contributed by atoms with Crippen LogP contribution in [0.25, 0.3) is 0 Å². The predicted octanol–water partition coefficient (Wildman–Crippen LogP) is 2.86. The lowest BCUT2D eigenvalue weighted by molar-refractivity contribution is 0.412. The van der Waals surface area contributed by atoms with Crippen LogP contribution in [0.2, 0.25) is 0 Å². The van der Waals surface area contributed by atoms with Crippen molar-refractivity contribution < 1.29 is 4.74 Å². The van der Waals surface area contributed by atoms with Gasteiger partial charge in [0.05, 0.1) is 30.0 Å². The molecule has 2 aromatic rings. The fourth-order valence-corrected chi connectivity index (χ4v) is 1.79. The van der Waals surface area contributed by atoms with Crippen LogP contribution in [-0.4, -0.2) is 17.1 Å². The summed E-state index contributed by atoms with van der Waals surface area (Å²) in [5.41, 5.74) is 1.88. The van der Waals surface area contributed by atoms with Crippen molar-refractivity contribution in [1.29, 1.82) is 0 Å². The number of aromatic nitrogens is 2. The summed E-state index contributed by atoms with van der Waals surface area (Å²) in [5.74, 6) is 0.800. The molecule has 88 valence electrons. The highest BCUT2D eigenvalue weighted by Crippen LogP contribution is 2.27. The van der Waals surface area contributed by atoms with E-state index in [1.54, 1.807) is 25.7 Å². The quantitative estimate of drug-likeness (QED) is 0.942. The van der Waals surface area contributed by atoms with Gasteiger partial charge in [-0.2, -0.15) is 0 Å². The van der Waals surface area contributed by atoms with Crippen LogP contribution in [-0.2, 0) is 6.54 Å². The topological polar surface area (TPSA) is 47.0 Å². The lowest BCUT2D eigenvalue weighted by Crippen LogP contribution is -2.02. The number of benzene rings is 1. The second-order valence-corrected chi connectivity index (χ2v) is 4.25. The molecule has 0 aliphatic carbocycles. The van der Waals surface area contributed by atoms with Gasteiger partial charge in [-0.15, -0.1) is 0 Å². The molecule has 0 saturated heterocycles. The van der Waals surface area contributed by atoms with E-state index in [-0.39, 0.29) is 0 Å². The molecule has 0 bridgehead atoms. The van der Waals surface area contributed by atoms with E-state index in [0.717, 1.165) is 21.6 Å². The van der Waals surface area contributed by atoms with Crippen molar-refractivity contribution in [2.24, 2.45) is 0 Å². The highest BCUT2D eigenvalue weighted by atomic mass is 79.9. The zero-order valence-electron chi connectivity index (χ0n) is 9.35. The van der Waals surface area contributed by atoms with Crippen LogP contribution in [0.5, 0.6) is 5.75 Å². The summed E-state index contributed by atoms with van der Waals surface area (Å²) in [6, 6.07) is 5.85. The van der Waals surface area contributed by atoms with Gasteiger partial charge in [-0.1, -0.05) is 0 Å². The molecular formula is C12H12BrN3O. The molecule has 0 aliphatic heterocycles. The average Bonchev–Trinajstić information content (AvgIpc) is 2.39. The van der Waals surface area contributed by atoms with E-state index in [9.17, 15) is 0 Å². The monoisotopic (exact) mass is 293 g/mol. The van der Waals surface area contributed by atoms with Crippen molar-refractivity contribution in [3.8, 4) is 5.75 Å². The SMILES string of the molecule is COc1cc(NCc2cnccn2)ccc1Br. The van der Waals surface area contributed by atoms with Crippen LogP contribution in [0.3, 0.4) is 0 Å². The summed E-state index contributed by atoms with van der Waals surface area (Å²) < 4.78 is 6.16. The number of anilines is 1. The van der Waals surface area contributed by atoms with Crippen LogP contribution in [0.1, 0.15) is 5.69 Å². The third-order valence-electron chi connectivity index (χ3n) is 2.24. The molecule has 1 N–H and O–H groups in total. The van der Waals surface area contributed by atoms with Gasteiger partial charge in [-0.25, -0.2) is 0 Å². The molecule has 5 heteroatoms. The highest BCUT2D eigenvalue weighted by molar-refractivity contribution is 9.10. The highest BCUT2D eigenvalue weighted by Gasteiger charge is 2.01. The van der Waals surface area contributed by atoms with Crippen LogP contribution in [0.4, 0.5) is 5.69 Å². The van der Waals surface area contributed by atoms with Gasteiger partial charge in [-0.3, -0.25) is 9.97 Å². The molecule has 0 atom stereocenters. The molecule has 0 aliphatic rings. The molecule has 1 heterocycles. The third-order valence-corrected chi connectivity index (χ3v) is 2.90. The molecule has 17 heavy (non-hydrogen) atoms. The van der Waals surface area contributed by atoms with Gasteiger partial charge in [0, 0.05) is 24.1 Å². The van der Waals surface area contributed by atoms with E-state index in [1.165, 1.54) is 0 Å². The van der Waals surface area contributed by atoms with Crippen LogP contribution in [0, 0.1) is 0 Å². The van der Waals surface area contributed by atoms with E-state index in [1.807, 2.05) is 18.2 Å². The molecular weight excluding hydrogens is 282 g/mol. The second kappa shape index (κ2) is 5.63. The molecule has 4 nitrogen and oxygen atoms in total. The first kappa shape index (κ1) is 11.9. The first-order valence-electron chi connectivity index (χ1n) is 5.12. The normalized spacial score (nSPS) is 10.0. The fraction of sp³-hybridized carbons (Fsp3) is 0.167. The molecule has 0 saturated carbocycles. The molecule has 2 rings (SSSR count). The standard InChI is InChI=1S/C12H12BrN3O/c1-17-12-6-9(2-3-11(12)13)16-8-10-7-14-4-5-15-10/h2-7,16H,8H2,1H3. The summed E-state index contributed by atoms with van der Waals surface area (Å²) in [6.07, 6.45) is 5.08. The lowest BCUT2D eigenvalue weighted by atomic mass is 10.3. The number of rotatable bonds is 4. The Labute approximate surface area is 108 Å². The summed E-state index contributed by atoms with van der Waals surface area (Å²) in [6.45, 7) is 0.638. The van der Waals surface area contributed by atoms with Crippen molar-refractivity contribution in [2.75, 3.05) is 12.4 Å². The summed E-state index contributed by atoms with van der Waals surface area (Å²) in [7, 11) is 1.65. The Morgan fingerprint density at radius 1 is 1.35 bits per heavy atom. The molecule has 1 aromatic carbocycles. The molecule has 0 spiro atoms. The average molecular weight is 294 g/mol. The van der Waals surface area contributed by atoms with Crippen molar-refractivity contribution in [3.05, 3.63) is 47.0 Å². The summed E-state index contributed by atoms with van der Waals surface area (Å²) in [5, 5.41) is 3.26. The Bertz CT molecular complexity index is 490. The number of halogens is 1. The first-order chi connectivity index (χ1) is 8.29. The molecule has 1 aromatic heterocycles. The molecule has 0 fully saturated rings. The van der Waals surface area contributed by atoms with E-state index >= 15 is 0 Å². The zero-order chi connectivity index (χ0) is 12.1. The maximum Gasteiger partial charge on any atom is 0.135 e. The zero-order valence-corrected chi connectivity index (χ0v) is 10.9. The summed E-state index contributed by atoms with van der Waals surface area (Å²) >= 11 is 3.41. The van der Waals surface area contributed by atoms with E-state index in [4.69, 9.17) is 4.74 Å². The van der Waals surface area contributed by atoms with Gasteiger partial charge in [0.25, 0.3) is 0 Å². The third kappa shape index (κ3) is 3.17. The maximum atomic E-state index is 5.22. The Kier molecular flexibility index (Phi) is 3.93. The second-order valence-electron chi connectivity index (χ2n) is 3.40. The smallest absolute Gasteiger partial charge is 0.135 e. The molecule has 0 radical (unpaired) electrons.